The molecule has 1 aromatic rings. The molecule has 0 aliphatic rings. The molecule has 20 heavy (non-hydrogen) atoms. The Morgan fingerprint density at radius 1 is 1.20 bits per heavy atom. The van der Waals surface area contributed by atoms with Crippen molar-refractivity contribution >= 4 is 6.03 Å². The molecule has 0 bridgehead atoms. The maximum atomic E-state index is 11.8. The number of carbonyl (C=O) groups excluding carboxylic acids is 1. The van der Waals surface area contributed by atoms with Gasteiger partial charge in [-0.25, -0.2) is 4.79 Å². The Bertz CT molecular complexity index is 416. The van der Waals surface area contributed by atoms with E-state index >= 15 is 0 Å². The van der Waals surface area contributed by atoms with E-state index in [4.69, 9.17) is 9.47 Å². The molecule has 112 valence electrons. The first-order valence-electron chi connectivity index (χ1n) is 6.69. The highest BCUT2D eigenvalue weighted by Gasteiger charge is 2.22. The van der Waals surface area contributed by atoms with Crippen LogP contribution in [0, 0.1) is 0 Å². The Morgan fingerprint density at radius 2 is 1.85 bits per heavy atom. The Morgan fingerprint density at radius 3 is 2.40 bits per heavy atom. The Kier molecular flexibility index (Phi) is 6.31. The number of hydrogen-bond donors (Lipinski definition) is 2. The summed E-state index contributed by atoms with van der Waals surface area (Å²) in [4.78, 5) is 11.8. The molecule has 0 unspecified atom stereocenters. The maximum absolute atomic E-state index is 11.8. The largest absolute Gasteiger partial charge is 0.497 e. The molecule has 0 heterocycles. The molecule has 0 atom stereocenters. The van der Waals surface area contributed by atoms with E-state index in [1.54, 1.807) is 14.2 Å². The van der Waals surface area contributed by atoms with Crippen LogP contribution in [0.25, 0.3) is 0 Å². The lowest BCUT2D eigenvalue weighted by molar-refractivity contribution is 0.192. The van der Waals surface area contributed by atoms with Gasteiger partial charge >= 0.3 is 6.03 Å². The van der Waals surface area contributed by atoms with E-state index in [1.165, 1.54) is 0 Å². The zero-order valence-corrected chi connectivity index (χ0v) is 12.7. The molecule has 0 fully saturated rings. The number of benzene rings is 1. The molecule has 0 aliphatic carbocycles. The third-order valence-corrected chi connectivity index (χ3v) is 3.05. The fourth-order valence-corrected chi connectivity index (χ4v) is 1.83. The molecule has 0 aromatic heterocycles. The van der Waals surface area contributed by atoms with Crippen molar-refractivity contribution in [1.29, 1.82) is 0 Å². The minimum atomic E-state index is -0.447. The molecule has 1 aromatic carbocycles. The molecule has 5 nitrogen and oxygen atoms in total. The molecule has 2 N–H and O–H groups in total. The van der Waals surface area contributed by atoms with Crippen LogP contribution in [-0.4, -0.2) is 33.4 Å². The van der Waals surface area contributed by atoms with Gasteiger partial charge in [0.2, 0.25) is 0 Å². The molecule has 0 spiro atoms. The van der Waals surface area contributed by atoms with Crippen LogP contribution in [0.3, 0.4) is 0 Å². The van der Waals surface area contributed by atoms with Gasteiger partial charge in [-0.05, 0) is 38.0 Å². The van der Waals surface area contributed by atoms with E-state index in [1.807, 2.05) is 38.1 Å². The predicted octanol–water partition coefficient (Wildman–Crippen LogP) is 2.27. The topological polar surface area (TPSA) is 59.6 Å². The Hall–Kier alpha value is -1.75. The molecular formula is C15H24N2O3. The minimum Gasteiger partial charge on any atom is -0.497 e. The fourth-order valence-electron chi connectivity index (χ4n) is 1.83. The fraction of sp³-hybridized carbons (Fsp3) is 0.533. The number of hydrogen-bond acceptors (Lipinski definition) is 3. The summed E-state index contributed by atoms with van der Waals surface area (Å²) in [6, 6.07) is 7.49. The van der Waals surface area contributed by atoms with E-state index in [9.17, 15) is 4.79 Å². The highest BCUT2D eigenvalue weighted by Crippen LogP contribution is 2.22. The summed E-state index contributed by atoms with van der Waals surface area (Å²) in [5.74, 6) is 0.800. The second-order valence-electron chi connectivity index (χ2n) is 5.08. The zero-order valence-electron chi connectivity index (χ0n) is 12.7. The zero-order chi connectivity index (χ0) is 15.0. The van der Waals surface area contributed by atoms with Crippen molar-refractivity contribution in [3.05, 3.63) is 29.8 Å². The molecule has 5 heteroatoms. The quantitative estimate of drug-likeness (QED) is 0.753. The summed E-state index contributed by atoms with van der Waals surface area (Å²) in [5, 5.41) is 5.77. The molecule has 0 saturated heterocycles. The van der Waals surface area contributed by atoms with Gasteiger partial charge in [-0.15, -0.1) is 0 Å². The molecular weight excluding hydrogens is 256 g/mol. The number of amides is 2. The van der Waals surface area contributed by atoms with Gasteiger partial charge < -0.3 is 20.1 Å². The van der Waals surface area contributed by atoms with Crippen molar-refractivity contribution in [2.45, 2.75) is 25.8 Å². The summed E-state index contributed by atoms with van der Waals surface area (Å²) in [7, 11) is 3.28. The highest BCUT2D eigenvalue weighted by molar-refractivity contribution is 5.74. The van der Waals surface area contributed by atoms with Gasteiger partial charge in [0.25, 0.3) is 0 Å². The van der Waals surface area contributed by atoms with Gasteiger partial charge in [-0.3, -0.25) is 0 Å². The van der Waals surface area contributed by atoms with E-state index in [0.29, 0.717) is 13.2 Å². The van der Waals surface area contributed by atoms with Crippen LogP contribution < -0.4 is 15.4 Å². The van der Waals surface area contributed by atoms with Crippen LogP contribution in [0.4, 0.5) is 4.79 Å². The smallest absolute Gasteiger partial charge is 0.315 e. The Labute approximate surface area is 120 Å². The number of rotatable bonds is 7. The van der Waals surface area contributed by atoms with Crippen molar-refractivity contribution in [3.63, 3.8) is 0 Å². The average Bonchev–Trinajstić information content (AvgIpc) is 2.43. The summed E-state index contributed by atoms with van der Waals surface area (Å²) in [6.45, 7) is 5.16. The van der Waals surface area contributed by atoms with E-state index in [0.717, 1.165) is 17.7 Å². The van der Waals surface area contributed by atoms with Gasteiger partial charge in [-0.2, -0.15) is 0 Å². The van der Waals surface area contributed by atoms with E-state index in [2.05, 4.69) is 10.6 Å². The molecule has 0 saturated carbocycles. The number of ether oxygens (including phenoxy) is 2. The van der Waals surface area contributed by atoms with Gasteiger partial charge in [0.1, 0.15) is 5.75 Å². The minimum absolute atomic E-state index is 0.179. The third-order valence-electron chi connectivity index (χ3n) is 3.05. The van der Waals surface area contributed by atoms with Crippen LogP contribution in [0.1, 0.15) is 25.8 Å². The lowest BCUT2D eigenvalue weighted by atomic mass is 9.94. The van der Waals surface area contributed by atoms with Gasteiger partial charge in [0, 0.05) is 20.3 Å². The van der Waals surface area contributed by atoms with Crippen molar-refractivity contribution in [2.75, 3.05) is 27.4 Å². The van der Waals surface area contributed by atoms with Crippen LogP contribution in [0.15, 0.2) is 24.3 Å². The van der Waals surface area contributed by atoms with Gasteiger partial charge in [0.15, 0.2) is 0 Å². The van der Waals surface area contributed by atoms with Crippen molar-refractivity contribution in [2.24, 2.45) is 0 Å². The number of carbonyl (C=O) groups is 1. The van der Waals surface area contributed by atoms with Crippen LogP contribution in [0.2, 0.25) is 0 Å². The van der Waals surface area contributed by atoms with Crippen LogP contribution in [0.5, 0.6) is 5.75 Å². The first-order valence-corrected chi connectivity index (χ1v) is 6.69. The SMILES string of the molecule is COCCCNC(=O)NC(C)(C)c1ccc(OC)cc1. The van der Waals surface area contributed by atoms with Crippen molar-refractivity contribution < 1.29 is 14.3 Å². The van der Waals surface area contributed by atoms with Crippen LogP contribution in [-0.2, 0) is 10.3 Å². The number of methoxy groups -OCH3 is 2. The summed E-state index contributed by atoms with van der Waals surface area (Å²) >= 11 is 0. The van der Waals surface area contributed by atoms with Gasteiger partial charge in [0.05, 0.1) is 12.6 Å². The van der Waals surface area contributed by atoms with E-state index < -0.39 is 5.54 Å². The van der Waals surface area contributed by atoms with Crippen molar-refractivity contribution in [1.82, 2.24) is 10.6 Å². The number of urea groups is 1. The van der Waals surface area contributed by atoms with Crippen molar-refractivity contribution in [3.8, 4) is 5.75 Å². The summed E-state index contributed by atoms with van der Waals surface area (Å²) in [6.07, 6.45) is 0.798. The third kappa shape index (κ3) is 5.09. The molecule has 0 radical (unpaired) electrons. The number of nitrogens with one attached hydrogen (secondary N) is 2. The second-order valence-corrected chi connectivity index (χ2v) is 5.08. The highest BCUT2D eigenvalue weighted by atomic mass is 16.5. The standard InChI is InChI=1S/C15H24N2O3/c1-15(2,12-6-8-13(20-4)9-7-12)17-14(18)16-10-5-11-19-3/h6-9H,5,10-11H2,1-4H3,(H2,16,17,18). The lowest BCUT2D eigenvalue weighted by Crippen LogP contribution is -2.46. The Balaban J connectivity index is 2.52. The molecule has 2 amide bonds. The monoisotopic (exact) mass is 280 g/mol. The van der Waals surface area contributed by atoms with Gasteiger partial charge in [-0.1, -0.05) is 12.1 Å². The second kappa shape index (κ2) is 7.75. The summed E-state index contributed by atoms with van der Waals surface area (Å²) in [5.41, 5.74) is 0.572. The summed E-state index contributed by atoms with van der Waals surface area (Å²) < 4.78 is 10.1. The normalized spacial score (nSPS) is 11.0. The first kappa shape index (κ1) is 16.3. The molecule has 1 rings (SSSR count). The lowest BCUT2D eigenvalue weighted by Gasteiger charge is -2.27. The predicted molar refractivity (Wildman–Crippen MR) is 79.0 cm³/mol. The van der Waals surface area contributed by atoms with E-state index in [-0.39, 0.29) is 6.03 Å². The van der Waals surface area contributed by atoms with Crippen LogP contribution >= 0.6 is 0 Å². The molecule has 0 aliphatic heterocycles. The average molecular weight is 280 g/mol. The first-order chi connectivity index (χ1) is 9.49. The maximum Gasteiger partial charge on any atom is 0.315 e.